The number of hydrogen-bond donors (Lipinski definition) is 3. The van der Waals surface area contributed by atoms with E-state index in [-0.39, 0.29) is 17.1 Å². The largest absolute Gasteiger partial charge is 0.506 e. The summed E-state index contributed by atoms with van der Waals surface area (Å²) < 4.78 is 1.11. The van der Waals surface area contributed by atoms with Crippen LogP contribution in [-0.4, -0.2) is 28.1 Å². The number of carbonyl (C=O) groups is 2. The lowest BCUT2D eigenvalue weighted by Gasteiger charge is -2.09. The first kappa shape index (κ1) is 24.8. The molecular weight excluding hydrogens is 572 g/mol. The maximum absolute atomic E-state index is 12.8. The number of carbonyl (C=O) groups excluding carboxylic acids is 2. The molecule has 3 N–H and O–H groups in total. The van der Waals surface area contributed by atoms with Crippen LogP contribution in [0.15, 0.2) is 86.5 Å². The van der Waals surface area contributed by atoms with E-state index < -0.39 is 16.7 Å². The number of amides is 2. The van der Waals surface area contributed by atoms with E-state index in [0.29, 0.717) is 25.6 Å². The van der Waals surface area contributed by atoms with Gasteiger partial charge in [0.15, 0.2) is 0 Å². The fraction of sp³-hybridized carbons (Fsp3) is 0. The second-order valence-electron chi connectivity index (χ2n) is 6.75. The lowest BCUT2D eigenvalue weighted by Crippen LogP contribution is -2.32. The van der Waals surface area contributed by atoms with Crippen molar-refractivity contribution >= 4 is 61.7 Å². The van der Waals surface area contributed by atoms with Crippen molar-refractivity contribution in [2.24, 2.45) is 5.10 Å². The van der Waals surface area contributed by atoms with E-state index in [2.05, 4.69) is 47.7 Å². The Labute approximate surface area is 210 Å². The Morgan fingerprint density at radius 3 is 2.35 bits per heavy atom. The molecule has 0 saturated carbocycles. The van der Waals surface area contributed by atoms with E-state index in [4.69, 9.17) is 0 Å². The van der Waals surface area contributed by atoms with Gasteiger partial charge in [-0.25, -0.2) is 5.43 Å². The average Bonchev–Trinajstić information content (AvgIpc) is 2.82. The molecule has 0 aliphatic heterocycles. The number of halogens is 2. The molecule has 172 valence electrons. The van der Waals surface area contributed by atoms with Crippen molar-refractivity contribution in [1.29, 1.82) is 0 Å². The molecule has 2 amide bonds. The number of nitro groups is 1. The summed E-state index contributed by atoms with van der Waals surface area (Å²) in [5.41, 5.74) is 3.16. The Balaban J connectivity index is 1.85. The zero-order chi connectivity index (χ0) is 24.7. The van der Waals surface area contributed by atoms with E-state index in [0.717, 1.165) is 0 Å². The van der Waals surface area contributed by atoms with Crippen LogP contribution in [0.1, 0.15) is 21.5 Å². The monoisotopic (exact) mass is 586 g/mol. The van der Waals surface area contributed by atoms with Crippen LogP contribution in [0, 0.1) is 10.1 Å². The molecule has 0 saturated heterocycles. The number of nitrogens with one attached hydrogen (secondary N) is 2. The van der Waals surface area contributed by atoms with Gasteiger partial charge in [-0.2, -0.15) is 5.10 Å². The molecule has 11 heteroatoms. The number of hydrazone groups is 1. The molecule has 0 aromatic heterocycles. The van der Waals surface area contributed by atoms with Gasteiger partial charge in [0.1, 0.15) is 11.4 Å². The summed E-state index contributed by atoms with van der Waals surface area (Å²) in [7, 11) is 0. The topological polar surface area (TPSA) is 134 Å². The van der Waals surface area contributed by atoms with E-state index >= 15 is 0 Å². The average molecular weight is 588 g/mol. The van der Waals surface area contributed by atoms with Crippen LogP contribution in [0.5, 0.6) is 5.75 Å². The highest BCUT2D eigenvalue weighted by molar-refractivity contribution is 9.11. The highest BCUT2D eigenvalue weighted by atomic mass is 79.9. The van der Waals surface area contributed by atoms with Crippen LogP contribution >= 0.6 is 31.9 Å². The first-order valence-electron chi connectivity index (χ1n) is 9.58. The molecule has 0 unspecified atom stereocenters. The number of rotatable bonds is 7. The van der Waals surface area contributed by atoms with Crippen molar-refractivity contribution in [3.8, 4) is 5.75 Å². The smallest absolute Gasteiger partial charge is 0.287 e. The molecule has 0 aliphatic carbocycles. The zero-order valence-electron chi connectivity index (χ0n) is 17.2. The highest BCUT2D eigenvalue weighted by Gasteiger charge is 2.15. The van der Waals surface area contributed by atoms with E-state index in [9.17, 15) is 24.8 Å². The molecule has 0 aliphatic rings. The second-order valence-corrected chi connectivity index (χ2v) is 8.52. The van der Waals surface area contributed by atoms with Crippen molar-refractivity contribution in [3.05, 3.63) is 108 Å². The number of aromatic hydroxyl groups is 1. The van der Waals surface area contributed by atoms with Gasteiger partial charge in [0.2, 0.25) is 0 Å². The second kappa shape index (κ2) is 11.3. The fourth-order valence-electron chi connectivity index (χ4n) is 2.71. The lowest BCUT2D eigenvalue weighted by molar-refractivity contribution is -0.384. The fourth-order valence-corrected chi connectivity index (χ4v) is 3.96. The van der Waals surface area contributed by atoms with Crippen molar-refractivity contribution in [1.82, 2.24) is 10.7 Å². The van der Waals surface area contributed by atoms with Gasteiger partial charge < -0.3 is 10.4 Å². The summed E-state index contributed by atoms with van der Waals surface area (Å²) >= 11 is 6.52. The lowest BCUT2D eigenvalue weighted by atomic mass is 10.1. The Morgan fingerprint density at radius 1 is 1.03 bits per heavy atom. The summed E-state index contributed by atoms with van der Waals surface area (Å²) in [5, 5.41) is 27.4. The van der Waals surface area contributed by atoms with Gasteiger partial charge in [-0.3, -0.25) is 19.7 Å². The van der Waals surface area contributed by atoms with Crippen LogP contribution in [-0.2, 0) is 4.79 Å². The number of nitrogens with zero attached hydrogens (tertiary/aromatic N) is 2. The summed E-state index contributed by atoms with van der Waals surface area (Å²) in [6, 6.07) is 17.0. The molecule has 34 heavy (non-hydrogen) atoms. The minimum Gasteiger partial charge on any atom is -0.506 e. The van der Waals surface area contributed by atoms with Gasteiger partial charge in [0.25, 0.3) is 17.5 Å². The Hall–Kier alpha value is -3.83. The molecular formula is C23H16Br2N4O5. The number of non-ortho nitro benzene ring substituents is 1. The first-order chi connectivity index (χ1) is 16.2. The molecule has 0 atom stereocenters. The highest BCUT2D eigenvalue weighted by Crippen LogP contribution is 2.30. The van der Waals surface area contributed by atoms with Crippen molar-refractivity contribution in [2.75, 3.05) is 0 Å². The summed E-state index contributed by atoms with van der Waals surface area (Å²) in [6.07, 6.45) is 2.61. The third kappa shape index (κ3) is 6.59. The van der Waals surface area contributed by atoms with Crippen molar-refractivity contribution in [2.45, 2.75) is 0 Å². The maximum Gasteiger partial charge on any atom is 0.287 e. The molecule has 3 aromatic rings. The van der Waals surface area contributed by atoms with E-state index in [1.807, 2.05) is 0 Å². The third-order valence-electron chi connectivity index (χ3n) is 4.37. The van der Waals surface area contributed by atoms with Crippen LogP contribution in [0.3, 0.4) is 0 Å². The maximum atomic E-state index is 12.8. The Morgan fingerprint density at radius 2 is 1.71 bits per heavy atom. The molecule has 0 fully saturated rings. The molecule has 0 bridgehead atoms. The molecule has 3 aromatic carbocycles. The standard InChI is InChI=1S/C23H16Br2N4O5/c24-17-11-16(21(30)19(25)12-17)13-26-28-23(32)20(27-22(31)15-4-2-1-3-5-15)10-14-6-8-18(9-7-14)29(33)34/h1-13,30H,(H,27,31)(H,28,32)/b20-10-,26-13?. The number of benzene rings is 3. The third-order valence-corrected chi connectivity index (χ3v) is 5.43. The number of phenols is 1. The molecule has 9 nitrogen and oxygen atoms in total. The minimum absolute atomic E-state index is 0.0692. The van der Waals surface area contributed by atoms with Crippen LogP contribution in [0.25, 0.3) is 6.08 Å². The van der Waals surface area contributed by atoms with Gasteiger partial charge >= 0.3 is 0 Å². The Bertz CT molecular complexity index is 1290. The van der Waals surface area contributed by atoms with Gasteiger partial charge in [0.05, 0.1) is 15.6 Å². The summed E-state index contributed by atoms with van der Waals surface area (Å²) in [4.78, 5) is 35.7. The summed E-state index contributed by atoms with van der Waals surface area (Å²) in [6.45, 7) is 0. The van der Waals surface area contributed by atoms with Gasteiger partial charge in [-0.05, 0) is 64.0 Å². The number of nitro benzene ring substituents is 1. The quantitative estimate of drug-likeness (QED) is 0.159. The zero-order valence-corrected chi connectivity index (χ0v) is 20.4. The molecule has 3 rings (SSSR count). The van der Waals surface area contributed by atoms with Gasteiger partial charge in [-0.1, -0.05) is 34.1 Å². The Kier molecular flexibility index (Phi) is 8.28. The molecule has 0 radical (unpaired) electrons. The normalized spacial score (nSPS) is 11.3. The van der Waals surface area contributed by atoms with E-state index in [1.165, 1.54) is 36.6 Å². The van der Waals surface area contributed by atoms with Crippen LogP contribution in [0.4, 0.5) is 5.69 Å². The number of phenolic OH excluding ortho intramolecular Hbond substituents is 1. The van der Waals surface area contributed by atoms with Gasteiger partial charge in [-0.15, -0.1) is 0 Å². The number of hydrogen-bond acceptors (Lipinski definition) is 6. The molecule has 0 heterocycles. The SMILES string of the molecule is O=C(NN=Cc1cc(Br)cc(Br)c1O)/C(=C/c1ccc([N+](=O)[O-])cc1)NC(=O)c1ccccc1. The predicted molar refractivity (Wildman–Crippen MR) is 134 cm³/mol. The van der Waals surface area contributed by atoms with Crippen molar-refractivity contribution < 1.29 is 19.6 Å². The van der Waals surface area contributed by atoms with E-state index in [1.54, 1.807) is 42.5 Å². The first-order valence-corrected chi connectivity index (χ1v) is 11.2. The summed E-state index contributed by atoms with van der Waals surface area (Å²) in [5.74, 6) is -1.34. The van der Waals surface area contributed by atoms with Gasteiger partial charge in [0, 0.05) is 27.7 Å². The van der Waals surface area contributed by atoms with Crippen LogP contribution < -0.4 is 10.7 Å². The molecule has 0 spiro atoms. The predicted octanol–water partition coefficient (Wildman–Crippen LogP) is 4.75. The van der Waals surface area contributed by atoms with Crippen LogP contribution in [0.2, 0.25) is 0 Å². The van der Waals surface area contributed by atoms with Crippen molar-refractivity contribution in [3.63, 3.8) is 0 Å². The minimum atomic E-state index is -0.743.